The highest BCUT2D eigenvalue weighted by atomic mass is 16.6. The Morgan fingerprint density at radius 3 is 2.27 bits per heavy atom. The van der Waals surface area contributed by atoms with Crippen molar-refractivity contribution in [1.29, 1.82) is 0 Å². The fraction of sp³-hybridized carbons (Fsp3) is 0.550. The van der Waals surface area contributed by atoms with Gasteiger partial charge in [0, 0.05) is 6.42 Å². The van der Waals surface area contributed by atoms with Gasteiger partial charge in [-0.05, 0) is 32.3 Å². The number of carbonyl (C=O) groups excluding carboxylic acids is 3. The van der Waals surface area contributed by atoms with Crippen LogP contribution in [0, 0.1) is 5.92 Å². The molecule has 0 heterocycles. The number of carbonyl (C=O) groups is 3. The highest BCUT2D eigenvalue weighted by Crippen LogP contribution is 2.10. The van der Waals surface area contributed by atoms with Crippen molar-refractivity contribution in [2.24, 2.45) is 5.92 Å². The molecule has 0 unspecified atom stereocenters. The van der Waals surface area contributed by atoms with Crippen LogP contribution in [-0.4, -0.2) is 36.0 Å². The van der Waals surface area contributed by atoms with Crippen LogP contribution in [0.25, 0.3) is 0 Å². The Kier molecular flexibility index (Phi) is 8.29. The van der Waals surface area contributed by atoms with E-state index in [1.54, 1.807) is 20.8 Å². The van der Waals surface area contributed by atoms with E-state index < -0.39 is 29.7 Å². The topological polar surface area (TPSA) is 84.5 Å². The summed E-state index contributed by atoms with van der Waals surface area (Å²) in [6, 6.07) is 7.94. The van der Waals surface area contributed by atoms with Gasteiger partial charge < -0.3 is 20.2 Å². The van der Waals surface area contributed by atoms with Crippen molar-refractivity contribution in [3.8, 4) is 0 Å². The van der Waals surface area contributed by atoms with Gasteiger partial charge in [-0.25, -0.2) is 4.79 Å². The first-order valence-electron chi connectivity index (χ1n) is 8.95. The second-order valence-electron chi connectivity index (χ2n) is 7.44. The number of ether oxygens (including phenoxy) is 1. The average molecular weight is 362 g/mol. The fourth-order valence-electron chi connectivity index (χ4n) is 2.34. The number of aldehydes is 1. The normalized spacial score (nSPS) is 14.7. The largest absolute Gasteiger partial charge is 0.444 e. The number of benzene rings is 1. The lowest BCUT2D eigenvalue weighted by Crippen LogP contribution is -2.53. The molecular formula is C20H30N2O4. The summed E-state index contributed by atoms with van der Waals surface area (Å²) < 4.78 is 5.26. The van der Waals surface area contributed by atoms with Crippen LogP contribution in [0.15, 0.2) is 30.3 Å². The SMILES string of the molecule is CC[C@H](C)[C@@H](C=O)NC(=O)[C@H](Cc1ccccc1)NC(=O)OC(C)(C)C. The van der Waals surface area contributed by atoms with E-state index in [1.807, 2.05) is 44.2 Å². The molecule has 0 saturated carbocycles. The average Bonchev–Trinajstić information content (AvgIpc) is 2.57. The molecule has 0 radical (unpaired) electrons. The van der Waals surface area contributed by atoms with Crippen LogP contribution in [0.5, 0.6) is 0 Å². The molecule has 0 aliphatic heterocycles. The van der Waals surface area contributed by atoms with E-state index in [0.29, 0.717) is 6.42 Å². The zero-order valence-electron chi connectivity index (χ0n) is 16.2. The summed E-state index contributed by atoms with van der Waals surface area (Å²) in [5.41, 5.74) is 0.231. The van der Waals surface area contributed by atoms with E-state index in [0.717, 1.165) is 18.3 Å². The first-order valence-corrected chi connectivity index (χ1v) is 8.95. The molecule has 0 aliphatic carbocycles. The van der Waals surface area contributed by atoms with Gasteiger partial charge in [-0.15, -0.1) is 0 Å². The summed E-state index contributed by atoms with van der Waals surface area (Å²) in [6.45, 7) is 9.11. The number of nitrogens with one attached hydrogen (secondary N) is 2. The number of hydrogen-bond donors (Lipinski definition) is 2. The molecule has 2 N–H and O–H groups in total. The molecule has 6 heteroatoms. The van der Waals surface area contributed by atoms with Crippen molar-refractivity contribution >= 4 is 18.3 Å². The van der Waals surface area contributed by atoms with E-state index in [4.69, 9.17) is 4.74 Å². The van der Waals surface area contributed by atoms with Crippen molar-refractivity contribution < 1.29 is 19.1 Å². The molecule has 144 valence electrons. The first-order chi connectivity index (χ1) is 12.2. The molecule has 2 amide bonds. The van der Waals surface area contributed by atoms with E-state index in [2.05, 4.69) is 10.6 Å². The Hall–Kier alpha value is -2.37. The number of amides is 2. The fourth-order valence-corrected chi connectivity index (χ4v) is 2.34. The monoisotopic (exact) mass is 362 g/mol. The minimum Gasteiger partial charge on any atom is -0.444 e. The molecule has 26 heavy (non-hydrogen) atoms. The third-order valence-corrected chi connectivity index (χ3v) is 4.00. The lowest BCUT2D eigenvalue weighted by molar-refractivity contribution is -0.126. The summed E-state index contributed by atoms with van der Waals surface area (Å²) in [5, 5.41) is 5.35. The molecule has 3 atom stereocenters. The van der Waals surface area contributed by atoms with Crippen LogP contribution in [0.2, 0.25) is 0 Å². The highest BCUT2D eigenvalue weighted by molar-refractivity contribution is 5.87. The van der Waals surface area contributed by atoms with Gasteiger partial charge in [0.15, 0.2) is 0 Å². The Balaban J connectivity index is 2.89. The summed E-state index contributed by atoms with van der Waals surface area (Å²) in [7, 11) is 0. The van der Waals surface area contributed by atoms with Crippen molar-refractivity contribution in [2.75, 3.05) is 0 Å². The van der Waals surface area contributed by atoms with E-state index in [9.17, 15) is 14.4 Å². The third-order valence-electron chi connectivity index (χ3n) is 4.00. The molecule has 0 fully saturated rings. The summed E-state index contributed by atoms with van der Waals surface area (Å²) in [6.07, 6.45) is 1.13. The molecule has 0 bridgehead atoms. The lowest BCUT2D eigenvalue weighted by Gasteiger charge is -2.25. The molecule has 6 nitrogen and oxygen atoms in total. The Morgan fingerprint density at radius 1 is 1.15 bits per heavy atom. The molecule has 0 aliphatic rings. The summed E-state index contributed by atoms with van der Waals surface area (Å²) in [5.74, 6) is -0.396. The first kappa shape index (κ1) is 21.7. The Morgan fingerprint density at radius 2 is 1.77 bits per heavy atom. The predicted octanol–water partition coefficient (Wildman–Crippen LogP) is 2.85. The molecule has 0 aromatic heterocycles. The maximum atomic E-state index is 12.7. The minimum atomic E-state index is -0.834. The Bertz CT molecular complexity index is 596. The van der Waals surface area contributed by atoms with E-state index in [-0.39, 0.29) is 5.92 Å². The molecule has 1 aromatic rings. The van der Waals surface area contributed by atoms with Gasteiger partial charge in [0.25, 0.3) is 0 Å². The van der Waals surface area contributed by atoms with Gasteiger partial charge in [-0.2, -0.15) is 0 Å². The molecular weight excluding hydrogens is 332 g/mol. The van der Waals surface area contributed by atoms with Crippen LogP contribution >= 0.6 is 0 Å². The number of hydrogen-bond acceptors (Lipinski definition) is 4. The highest BCUT2D eigenvalue weighted by Gasteiger charge is 2.27. The maximum absolute atomic E-state index is 12.7. The lowest BCUT2D eigenvalue weighted by atomic mass is 9.99. The second kappa shape index (κ2) is 9.94. The van der Waals surface area contributed by atoms with Crippen molar-refractivity contribution in [3.63, 3.8) is 0 Å². The number of rotatable bonds is 8. The summed E-state index contributed by atoms with van der Waals surface area (Å²) in [4.78, 5) is 36.1. The van der Waals surface area contributed by atoms with Crippen LogP contribution in [0.4, 0.5) is 4.79 Å². The summed E-state index contributed by atoms with van der Waals surface area (Å²) >= 11 is 0. The number of alkyl carbamates (subject to hydrolysis) is 1. The predicted molar refractivity (Wildman–Crippen MR) is 101 cm³/mol. The van der Waals surface area contributed by atoms with Gasteiger partial charge >= 0.3 is 6.09 Å². The van der Waals surface area contributed by atoms with Crippen LogP contribution in [0.1, 0.15) is 46.6 Å². The van der Waals surface area contributed by atoms with Gasteiger partial charge in [0.2, 0.25) is 5.91 Å². The van der Waals surface area contributed by atoms with Crippen molar-refractivity contribution in [2.45, 2.75) is 65.1 Å². The van der Waals surface area contributed by atoms with E-state index in [1.165, 1.54) is 0 Å². The van der Waals surface area contributed by atoms with Gasteiger partial charge in [0.05, 0.1) is 6.04 Å². The van der Waals surface area contributed by atoms with Crippen LogP contribution in [0.3, 0.4) is 0 Å². The van der Waals surface area contributed by atoms with E-state index >= 15 is 0 Å². The smallest absolute Gasteiger partial charge is 0.408 e. The quantitative estimate of drug-likeness (QED) is 0.697. The van der Waals surface area contributed by atoms with Gasteiger partial charge in [-0.3, -0.25) is 4.79 Å². The van der Waals surface area contributed by atoms with Crippen molar-refractivity contribution in [3.05, 3.63) is 35.9 Å². The van der Waals surface area contributed by atoms with Crippen molar-refractivity contribution in [1.82, 2.24) is 10.6 Å². The van der Waals surface area contributed by atoms with Gasteiger partial charge in [-0.1, -0.05) is 50.6 Å². The van der Waals surface area contributed by atoms with Gasteiger partial charge in [0.1, 0.15) is 17.9 Å². The Labute approximate surface area is 155 Å². The van der Waals surface area contributed by atoms with Crippen LogP contribution in [-0.2, 0) is 20.7 Å². The molecule has 0 saturated heterocycles. The third kappa shape index (κ3) is 7.68. The minimum absolute atomic E-state index is 0.00959. The maximum Gasteiger partial charge on any atom is 0.408 e. The molecule has 1 aromatic carbocycles. The zero-order chi connectivity index (χ0) is 19.7. The zero-order valence-corrected chi connectivity index (χ0v) is 16.2. The standard InChI is InChI=1S/C20H30N2O4/c1-6-14(2)17(13-23)21-18(24)16(12-15-10-8-7-9-11-15)22-19(25)26-20(3,4)5/h7-11,13-14,16-17H,6,12H2,1-5H3,(H,21,24)(H,22,25)/t14-,16-,17+/m0/s1. The molecule has 0 spiro atoms. The second-order valence-corrected chi connectivity index (χ2v) is 7.44. The van der Waals surface area contributed by atoms with Crippen LogP contribution < -0.4 is 10.6 Å². The molecule has 1 rings (SSSR count).